The maximum absolute atomic E-state index is 12.6. The maximum Gasteiger partial charge on any atom is 0.335 e. The number of nitrogens with one attached hydrogen (secondary N) is 1. The minimum absolute atomic E-state index is 0.0410. The van der Waals surface area contributed by atoms with Crippen LogP contribution < -0.4 is 5.32 Å². The van der Waals surface area contributed by atoms with E-state index in [0.717, 1.165) is 5.56 Å². The van der Waals surface area contributed by atoms with Crippen LogP contribution in [-0.2, 0) is 10.2 Å². The van der Waals surface area contributed by atoms with Crippen molar-refractivity contribution in [1.82, 2.24) is 0 Å². The van der Waals surface area contributed by atoms with E-state index >= 15 is 0 Å². The quantitative estimate of drug-likeness (QED) is 0.876. The Morgan fingerprint density at radius 1 is 1.46 bits per heavy atom. The number of nitriles is 1. The molecule has 3 aliphatic rings. The molecule has 24 heavy (non-hydrogen) atoms. The SMILES string of the molecule is CC1C=C(C#N)C=CC1C1CC12C(=O)Nc1ccc(C(=O)O)cc12. The van der Waals surface area contributed by atoms with E-state index in [-0.39, 0.29) is 29.2 Å². The number of amides is 1. The molecular formula is C19H16N2O3. The molecule has 1 saturated carbocycles. The van der Waals surface area contributed by atoms with E-state index in [1.54, 1.807) is 12.1 Å². The van der Waals surface area contributed by atoms with Gasteiger partial charge in [0.25, 0.3) is 0 Å². The number of nitrogens with zero attached hydrogens (tertiary/aromatic N) is 1. The highest BCUT2D eigenvalue weighted by Gasteiger charge is 2.66. The van der Waals surface area contributed by atoms with Crippen LogP contribution in [0.3, 0.4) is 0 Å². The van der Waals surface area contributed by atoms with Crippen LogP contribution in [0.1, 0.15) is 29.3 Å². The van der Waals surface area contributed by atoms with Gasteiger partial charge in [-0.1, -0.05) is 19.1 Å². The highest BCUT2D eigenvalue weighted by atomic mass is 16.4. The summed E-state index contributed by atoms with van der Waals surface area (Å²) in [5.74, 6) is -0.552. The van der Waals surface area contributed by atoms with Crippen LogP contribution >= 0.6 is 0 Å². The number of benzene rings is 1. The fourth-order valence-electron chi connectivity index (χ4n) is 4.25. The lowest BCUT2D eigenvalue weighted by atomic mass is 9.79. The lowest BCUT2D eigenvalue weighted by molar-refractivity contribution is -0.118. The summed E-state index contributed by atoms with van der Waals surface area (Å²) in [6.45, 7) is 2.05. The molecule has 5 heteroatoms. The summed E-state index contributed by atoms with van der Waals surface area (Å²) in [5.41, 5.74) is 1.75. The zero-order valence-corrected chi connectivity index (χ0v) is 13.1. The molecule has 0 bridgehead atoms. The van der Waals surface area contributed by atoms with Crippen molar-refractivity contribution in [3.63, 3.8) is 0 Å². The standard InChI is InChI=1S/C19H16N2O3/c1-10-6-11(9-20)2-4-13(10)15-8-19(15)14-7-12(17(22)23)3-5-16(14)21-18(19)24/h2-7,10,13,15H,8H2,1H3,(H,21,24)(H,22,23). The van der Waals surface area contributed by atoms with Crippen LogP contribution in [0.25, 0.3) is 0 Å². The number of carboxylic acid groups (broad SMARTS) is 1. The first-order valence-electron chi connectivity index (χ1n) is 7.97. The Bertz CT molecular complexity index is 877. The topological polar surface area (TPSA) is 90.2 Å². The van der Waals surface area contributed by atoms with Gasteiger partial charge in [-0.05, 0) is 54.0 Å². The minimum Gasteiger partial charge on any atom is -0.478 e. The van der Waals surface area contributed by atoms with Gasteiger partial charge < -0.3 is 10.4 Å². The maximum atomic E-state index is 12.6. The van der Waals surface area contributed by atoms with E-state index < -0.39 is 11.4 Å². The highest BCUT2D eigenvalue weighted by molar-refractivity contribution is 6.09. The van der Waals surface area contributed by atoms with E-state index in [0.29, 0.717) is 17.7 Å². The third-order valence-corrected chi connectivity index (χ3v) is 5.56. The molecule has 1 aliphatic heterocycles. The van der Waals surface area contributed by atoms with Gasteiger partial charge in [0.15, 0.2) is 0 Å². The van der Waals surface area contributed by atoms with Crippen molar-refractivity contribution in [2.75, 3.05) is 5.32 Å². The van der Waals surface area contributed by atoms with Crippen molar-refractivity contribution in [2.24, 2.45) is 17.8 Å². The zero-order chi connectivity index (χ0) is 17.1. The van der Waals surface area contributed by atoms with Crippen LogP contribution in [-0.4, -0.2) is 17.0 Å². The van der Waals surface area contributed by atoms with Gasteiger partial charge in [-0.25, -0.2) is 4.79 Å². The Hall–Kier alpha value is -2.87. The van der Waals surface area contributed by atoms with Gasteiger partial charge in [-0.2, -0.15) is 5.26 Å². The third kappa shape index (κ3) is 1.86. The fraction of sp³-hybridized carbons (Fsp3) is 0.316. The first-order valence-corrected chi connectivity index (χ1v) is 7.97. The molecule has 5 nitrogen and oxygen atoms in total. The molecule has 1 aromatic carbocycles. The van der Waals surface area contributed by atoms with Crippen molar-refractivity contribution < 1.29 is 14.7 Å². The predicted octanol–water partition coefficient (Wildman–Crippen LogP) is 2.87. The predicted molar refractivity (Wildman–Crippen MR) is 87.3 cm³/mol. The van der Waals surface area contributed by atoms with Gasteiger partial charge in [0.1, 0.15) is 0 Å². The van der Waals surface area contributed by atoms with Gasteiger partial charge in [-0.15, -0.1) is 0 Å². The fourth-order valence-corrected chi connectivity index (χ4v) is 4.25. The number of hydrogen-bond acceptors (Lipinski definition) is 3. The lowest BCUT2D eigenvalue weighted by Gasteiger charge is -2.23. The molecule has 0 aromatic heterocycles. The molecule has 4 unspecified atom stereocenters. The Morgan fingerprint density at radius 2 is 2.25 bits per heavy atom. The molecule has 120 valence electrons. The second-order valence-electron chi connectivity index (χ2n) is 6.83. The summed E-state index contributed by atoms with van der Waals surface area (Å²) >= 11 is 0. The number of fused-ring (bicyclic) bond motifs is 2. The van der Waals surface area contributed by atoms with E-state index in [1.807, 2.05) is 18.2 Å². The molecule has 2 aliphatic carbocycles. The lowest BCUT2D eigenvalue weighted by Crippen LogP contribution is -2.26. The van der Waals surface area contributed by atoms with Crippen LogP contribution in [0.4, 0.5) is 5.69 Å². The van der Waals surface area contributed by atoms with Crippen LogP contribution in [0.2, 0.25) is 0 Å². The number of aromatic carboxylic acids is 1. The molecule has 1 aromatic rings. The first kappa shape index (κ1) is 14.7. The zero-order valence-electron chi connectivity index (χ0n) is 13.1. The smallest absolute Gasteiger partial charge is 0.335 e. The van der Waals surface area contributed by atoms with Crippen molar-refractivity contribution >= 4 is 17.6 Å². The van der Waals surface area contributed by atoms with Gasteiger partial charge >= 0.3 is 5.97 Å². The monoisotopic (exact) mass is 320 g/mol. The summed E-state index contributed by atoms with van der Waals surface area (Å²) in [6, 6.07) is 6.97. The minimum atomic E-state index is -0.989. The number of carbonyl (C=O) groups excluding carboxylic acids is 1. The number of allylic oxidation sites excluding steroid dienone is 4. The largest absolute Gasteiger partial charge is 0.478 e. The number of rotatable bonds is 2. The van der Waals surface area contributed by atoms with Crippen molar-refractivity contribution in [1.29, 1.82) is 5.26 Å². The number of hydrogen-bond donors (Lipinski definition) is 2. The van der Waals surface area contributed by atoms with Gasteiger partial charge in [0.2, 0.25) is 5.91 Å². The average Bonchev–Trinajstić information content (AvgIpc) is 3.24. The van der Waals surface area contributed by atoms with Crippen molar-refractivity contribution in [3.8, 4) is 6.07 Å². The highest BCUT2D eigenvalue weighted by Crippen LogP contribution is 2.64. The van der Waals surface area contributed by atoms with Crippen LogP contribution in [0.5, 0.6) is 0 Å². The molecule has 1 amide bonds. The Balaban J connectivity index is 1.70. The van der Waals surface area contributed by atoms with Crippen molar-refractivity contribution in [3.05, 3.63) is 53.1 Å². The Kier molecular flexibility index (Phi) is 2.95. The summed E-state index contributed by atoms with van der Waals surface area (Å²) < 4.78 is 0. The summed E-state index contributed by atoms with van der Waals surface area (Å²) in [4.78, 5) is 23.9. The average molecular weight is 320 g/mol. The second kappa shape index (κ2) is 4.81. The molecule has 4 rings (SSSR count). The molecule has 0 radical (unpaired) electrons. The number of anilines is 1. The van der Waals surface area contributed by atoms with Gasteiger partial charge in [0, 0.05) is 11.3 Å². The molecular weight excluding hydrogens is 304 g/mol. The molecule has 1 fully saturated rings. The molecule has 1 spiro atoms. The summed E-state index contributed by atoms with van der Waals surface area (Å²) in [5, 5.41) is 21.1. The molecule has 4 atom stereocenters. The molecule has 1 heterocycles. The normalized spacial score (nSPS) is 32.8. The summed E-state index contributed by atoms with van der Waals surface area (Å²) in [6.07, 6.45) is 6.50. The Morgan fingerprint density at radius 3 is 2.92 bits per heavy atom. The third-order valence-electron chi connectivity index (χ3n) is 5.56. The number of carboxylic acids is 1. The van der Waals surface area contributed by atoms with Crippen molar-refractivity contribution in [2.45, 2.75) is 18.8 Å². The first-order chi connectivity index (χ1) is 11.5. The van der Waals surface area contributed by atoms with Crippen LogP contribution in [0, 0.1) is 29.1 Å². The molecule has 2 N–H and O–H groups in total. The van der Waals surface area contributed by atoms with Gasteiger partial charge in [-0.3, -0.25) is 4.79 Å². The second-order valence-corrected chi connectivity index (χ2v) is 6.83. The van der Waals surface area contributed by atoms with E-state index in [9.17, 15) is 14.7 Å². The molecule has 0 saturated heterocycles. The van der Waals surface area contributed by atoms with Crippen LogP contribution in [0.15, 0.2) is 42.0 Å². The van der Waals surface area contributed by atoms with E-state index in [1.165, 1.54) is 6.07 Å². The summed E-state index contributed by atoms with van der Waals surface area (Å²) in [7, 11) is 0. The van der Waals surface area contributed by atoms with E-state index in [2.05, 4.69) is 18.3 Å². The van der Waals surface area contributed by atoms with Gasteiger partial charge in [0.05, 0.1) is 17.0 Å². The number of carbonyl (C=O) groups is 2. The Labute approximate surface area is 139 Å². The van der Waals surface area contributed by atoms with E-state index in [4.69, 9.17) is 5.26 Å².